The normalized spacial score (nSPS) is 11.6. The number of aromatic nitrogens is 2. The van der Waals surface area contributed by atoms with E-state index in [2.05, 4.69) is 4.74 Å². The molecule has 0 aliphatic carbocycles. The largest absolute Gasteiger partial charge is 0.465 e. The van der Waals surface area contributed by atoms with Crippen LogP contribution in [0.3, 0.4) is 0 Å². The number of para-hydroxylation sites is 1. The van der Waals surface area contributed by atoms with E-state index in [1.54, 1.807) is 45.0 Å². The van der Waals surface area contributed by atoms with Crippen LogP contribution in [0, 0.1) is 5.82 Å². The number of methoxy groups -OCH3 is 1. The number of carbonyl (C=O) groups is 1. The van der Waals surface area contributed by atoms with Gasteiger partial charge in [0.25, 0.3) is 5.56 Å². The molecule has 3 rings (SSSR count). The van der Waals surface area contributed by atoms with Gasteiger partial charge >= 0.3 is 11.7 Å². The summed E-state index contributed by atoms with van der Waals surface area (Å²) in [6.07, 6.45) is 0. The van der Waals surface area contributed by atoms with Crippen molar-refractivity contribution < 1.29 is 13.9 Å². The molecule has 0 saturated heterocycles. The highest BCUT2D eigenvalue weighted by atomic mass is 19.1. The standard InChI is InChI=1S/C21H21FN2O4/c1-21(2,3)24-18(25)14-7-5-6-8-17(14)23(20(24)27)12-13-9-10-16(22)15(11-13)19(26)28-4/h5-11H,12H2,1-4H3. The predicted octanol–water partition coefficient (Wildman–Crippen LogP) is 2.89. The molecule has 0 amide bonds. The average molecular weight is 384 g/mol. The first-order chi connectivity index (χ1) is 13.1. The summed E-state index contributed by atoms with van der Waals surface area (Å²) in [5, 5.41) is 0.410. The summed E-state index contributed by atoms with van der Waals surface area (Å²) in [4.78, 5) is 37.8. The van der Waals surface area contributed by atoms with Gasteiger partial charge in [0.1, 0.15) is 5.82 Å². The second kappa shape index (κ2) is 7.07. The van der Waals surface area contributed by atoms with Crippen molar-refractivity contribution in [1.29, 1.82) is 0 Å². The van der Waals surface area contributed by atoms with Crippen molar-refractivity contribution in [2.75, 3.05) is 7.11 Å². The Balaban J connectivity index is 2.26. The molecule has 0 radical (unpaired) electrons. The Labute approximate surface area is 160 Å². The number of hydrogen-bond donors (Lipinski definition) is 0. The van der Waals surface area contributed by atoms with E-state index in [9.17, 15) is 18.8 Å². The van der Waals surface area contributed by atoms with Crippen LogP contribution in [-0.4, -0.2) is 22.2 Å². The van der Waals surface area contributed by atoms with E-state index in [-0.39, 0.29) is 17.7 Å². The van der Waals surface area contributed by atoms with Gasteiger partial charge in [0.15, 0.2) is 0 Å². The number of esters is 1. The van der Waals surface area contributed by atoms with E-state index < -0.39 is 23.0 Å². The number of carbonyl (C=O) groups excluding carboxylic acids is 1. The zero-order chi connectivity index (χ0) is 20.6. The summed E-state index contributed by atoms with van der Waals surface area (Å²) >= 11 is 0. The van der Waals surface area contributed by atoms with Crippen LogP contribution in [0.2, 0.25) is 0 Å². The molecule has 2 aromatic carbocycles. The van der Waals surface area contributed by atoms with E-state index in [1.807, 2.05) is 0 Å². The fourth-order valence-electron chi connectivity index (χ4n) is 3.19. The molecule has 0 fully saturated rings. The molecule has 0 unspecified atom stereocenters. The van der Waals surface area contributed by atoms with Gasteiger partial charge in [0.2, 0.25) is 0 Å². The third-order valence-corrected chi connectivity index (χ3v) is 4.50. The second-order valence-corrected chi connectivity index (χ2v) is 7.50. The van der Waals surface area contributed by atoms with Gasteiger partial charge in [0, 0.05) is 5.54 Å². The van der Waals surface area contributed by atoms with Crippen LogP contribution in [-0.2, 0) is 16.8 Å². The van der Waals surface area contributed by atoms with Crippen molar-refractivity contribution in [2.45, 2.75) is 32.9 Å². The number of halogens is 1. The minimum atomic E-state index is -0.795. The lowest BCUT2D eigenvalue weighted by atomic mass is 10.1. The maximum atomic E-state index is 13.9. The zero-order valence-corrected chi connectivity index (χ0v) is 16.2. The predicted molar refractivity (Wildman–Crippen MR) is 104 cm³/mol. The van der Waals surface area contributed by atoms with Gasteiger partial charge < -0.3 is 4.74 Å². The zero-order valence-electron chi connectivity index (χ0n) is 16.2. The number of benzene rings is 2. The Kier molecular flexibility index (Phi) is 4.93. The molecule has 0 saturated carbocycles. The molecule has 0 aliphatic rings. The van der Waals surface area contributed by atoms with Gasteiger partial charge in [-0.1, -0.05) is 18.2 Å². The van der Waals surface area contributed by atoms with E-state index in [4.69, 9.17) is 0 Å². The molecule has 6 nitrogen and oxygen atoms in total. The Morgan fingerprint density at radius 2 is 1.79 bits per heavy atom. The van der Waals surface area contributed by atoms with Crippen LogP contribution < -0.4 is 11.2 Å². The van der Waals surface area contributed by atoms with Crippen LogP contribution >= 0.6 is 0 Å². The van der Waals surface area contributed by atoms with E-state index in [0.29, 0.717) is 16.5 Å². The summed E-state index contributed by atoms with van der Waals surface area (Å²) in [5.74, 6) is -1.50. The van der Waals surface area contributed by atoms with Crippen LogP contribution in [0.4, 0.5) is 4.39 Å². The molecule has 1 aromatic heterocycles. The van der Waals surface area contributed by atoms with Crippen LogP contribution in [0.5, 0.6) is 0 Å². The topological polar surface area (TPSA) is 70.3 Å². The van der Waals surface area contributed by atoms with Crippen molar-refractivity contribution in [3.8, 4) is 0 Å². The molecule has 0 aliphatic heterocycles. The fourth-order valence-corrected chi connectivity index (χ4v) is 3.19. The second-order valence-electron chi connectivity index (χ2n) is 7.50. The highest BCUT2D eigenvalue weighted by Gasteiger charge is 2.22. The quantitative estimate of drug-likeness (QED) is 0.651. The first kappa shape index (κ1) is 19.5. The van der Waals surface area contributed by atoms with Gasteiger partial charge in [-0.25, -0.2) is 14.0 Å². The summed E-state index contributed by atoms with van der Waals surface area (Å²) in [6.45, 7) is 5.41. The monoisotopic (exact) mass is 384 g/mol. The molecule has 0 N–H and O–H groups in total. The maximum absolute atomic E-state index is 13.9. The number of rotatable bonds is 3. The minimum Gasteiger partial charge on any atom is -0.465 e. The van der Waals surface area contributed by atoms with Crippen LogP contribution in [0.25, 0.3) is 10.9 Å². The molecule has 3 aromatic rings. The SMILES string of the molecule is COC(=O)c1cc(Cn2c(=O)n(C(C)(C)C)c(=O)c3ccccc32)ccc1F. The van der Waals surface area contributed by atoms with Crippen molar-refractivity contribution in [3.63, 3.8) is 0 Å². The molecular weight excluding hydrogens is 363 g/mol. The Bertz CT molecular complexity index is 1190. The molecular formula is C21H21FN2O4. The first-order valence-corrected chi connectivity index (χ1v) is 8.77. The lowest BCUT2D eigenvalue weighted by Crippen LogP contribution is -2.47. The number of hydrogen-bond acceptors (Lipinski definition) is 4. The third kappa shape index (κ3) is 3.35. The van der Waals surface area contributed by atoms with Crippen molar-refractivity contribution in [2.24, 2.45) is 0 Å². The van der Waals surface area contributed by atoms with E-state index >= 15 is 0 Å². The molecule has 146 valence electrons. The summed E-state index contributed by atoms with van der Waals surface area (Å²) in [7, 11) is 1.17. The molecule has 0 spiro atoms. The highest BCUT2D eigenvalue weighted by Crippen LogP contribution is 2.16. The van der Waals surface area contributed by atoms with Crippen LogP contribution in [0.15, 0.2) is 52.1 Å². The molecule has 0 atom stereocenters. The lowest BCUT2D eigenvalue weighted by Gasteiger charge is -2.24. The third-order valence-electron chi connectivity index (χ3n) is 4.50. The molecule has 28 heavy (non-hydrogen) atoms. The van der Waals surface area contributed by atoms with Gasteiger partial charge in [-0.15, -0.1) is 0 Å². The van der Waals surface area contributed by atoms with Crippen molar-refractivity contribution in [1.82, 2.24) is 9.13 Å². The minimum absolute atomic E-state index is 0.0694. The summed E-state index contributed by atoms with van der Waals surface area (Å²) in [5.41, 5.74) is -0.754. The van der Waals surface area contributed by atoms with E-state index in [1.165, 1.54) is 28.4 Å². The van der Waals surface area contributed by atoms with Crippen molar-refractivity contribution >= 4 is 16.9 Å². The highest BCUT2D eigenvalue weighted by molar-refractivity contribution is 5.89. The number of ether oxygens (including phenoxy) is 1. The average Bonchev–Trinajstić information content (AvgIpc) is 2.64. The van der Waals surface area contributed by atoms with E-state index in [0.717, 1.165) is 6.07 Å². The molecule has 0 bridgehead atoms. The summed E-state index contributed by atoms with van der Waals surface area (Å²) < 4.78 is 21.2. The lowest BCUT2D eigenvalue weighted by molar-refractivity contribution is 0.0595. The number of nitrogens with zero attached hydrogens (tertiary/aromatic N) is 2. The fraction of sp³-hybridized carbons (Fsp3) is 0.286. The smallest absolute Gasteiger partial charge is 0.340 e. The first-order valence-electron chi connectivity index (χ1n) is 8.77. The van der Waals surface area contributed by atoms with Gasteiger partial charge in [0.05, 0.1) is 30.1 Å². The van der Waals surface area contributed by atoms with Gasteiger partial charge in [-0.05, 0) is 50.6 Å². The Morgan fingerprint density at radius 1 is 1.11 bits per heavy atom. The maximum Gasteiger partial charge on any atom is 0.340 e. The van der Waals surface area contributed by atoms with Gasteiger partial charge in [-0.3, -0.25) is 13.9 Å². The Morgan fingerprint density at radius 3 is 2.43 bits per heavy atom. The van der Waals surface area contributed by atoms with Crippen molar-refractivity contribution in [3.05, 3.63) is 80.2 Å². The number of fused-ring (bicyclic) bond motifs is 1. The van der Waals surface area contributed by atoms with Gasteiger partial charge in [-0.2, -0.15) is 0 Å². The van der Waals surface area contributed by atoms with Crippen LogP contribution in [0.1, 0.15) is 36.7 Å². The Hall–Kier alpha value is -3.22. The molecule has 1 heterocycles. The summed E-state index contributed by atoms with van der Waals surface area (Å²) in [6, 6.07) is 10.8. The molecule has 7 heteroatoms.